The molecular weight excluding hydrogens is 240 g/mol. The van der Waals surface area contributed by atoms with Gasteiger partial charge in [0.15, 0.2) is 0 Å². The number of carbonyl (C=O) groups is 1. The largest absolute Gasteiger partial charge is 0.433 e. The van der Waals surface area contributed by atoms with Crippen molar-refractivity contribution < 1.29 is 14.6 Å². The second-order valence-corrected chi connectivity index (χ2v) is 5.26. The van der Waals surface area contributed by atoms with Crippen LogP contribution in [0.25, 0.3) is 0 Å². The van der Waals surface area contributed by atoms with Gasteiger partial charge in [-0.1, -0.05) is 64.9 Å². The molecule has 1 unspecified atom stereocenters. The van der Waals surface area contributed by atoms with Crippen molar-refractivity contribution in [2.45, 2.75) is 84.3 Å². The fourth-order valence-corrected chi connectivity index (χ4v) is 1.91. The van der Waals surface area contributed by atoms with E-state index in [1.807, 2.05) is 0 Å². The summed E-state index contributed by atoms with van der Waals surface area (Å²) >= 11 is 0. The molecule has 1 atom stereocenters. The summed E-state index contributed by atoms with van der Waals surface area (Å²) < 4.78 is 4.80. The van der Waals surface area contributed by atoms with Crippen molar-refractivity contribution >= 4 is 5.97 Å². The lowest BCUT2D eigenvalue weighted by Crippen LogP contribution is -2.17. The van der Waals surface area contributed by atoms with Gasteiger partial charge in [-0.15, -0.1) is 0 Å². The standard InChI is InChI=1S/C16H30O3/c1-4-5-6-7-8-9-10-11-12-13-15(17)19-16(18)14(2)3/h15,17H,2,4-13H2,1,3H3. The lowest BCUT2D eigenvalue weighted by atomic mass is 10.1. The minimum absolute atomic E-state index is 0.325. The lowest BCUT2D eigenvalue weighted by molar-refractivity contribution is -0.163. The molecule has 0 saturated carbocycles. The zero-order valence-corrected chi connectivity index (χ0v) is 12.6. The molecule has 3 heteroatoms. The molecule has 0 bridgehead atoms. The Bertz CT molecular complexity index is 248. The Morgan fingerprint density at radius 2 is 1.53 bits per heavy atom. The van der Waals surface area contributed by atoms with E-state index in [4.69, 9.17) is 4.74 Å². The topological polar surface area (TPSA) is 46.5 Å². The highest BCUT2D eigenvalue weighted by molar-refractivity contribution is 5.86. The normalized spacial score (nSPS) is 12.2. The Morgan fingerprint density at radius 3 is 2.00 bits per heavy atom. The summed E-state index contributed by atoms with van der Waals surface area (Å²) in [4.78, 5) is 11.1. The van der Waals surface area contributed by atoms with E-state index in [-0.39, 0.29) is 0 Å². The number of unbranched alkanes of at least 4 members (excludes halogenated alkanes) is 8. The molecule has 0 aromatic heterocycles. The SMILES string of the molecule is C=C(C)C(=O)OC(O)CCCCCCCCCCC. The van der Waals surface area contributed by atoms with Crippen LogP contribution in [0.5, 0.6) is 0 Å². The van der Waals surface area contributed by atoms with Gasteiger partial charge in [-0.25, -0.2) is 4.79 Å². The van der Waals surface area contributed by atoms with E-state index in [1.165, 1.54) is 44.9 Å². The number of hydrogen-bond donors (Lipinski definition) is 1. The lowest BCUT2D eigenvalue weighted by Gasteiger charge is -2.11. The predicted molar refractivity (Wildman–Crippen MR) is 78.8 cm³/mol. The summed E-state index contributed by atoms with van der Waals surface area (Å²) in [6, 6.07) is 0. The molecule has 0 aliphatic heterocycles. The van der Waals surface area contributed by atoms with Crippen molar-refractivity contribution in [2.75, 3.05) is 0 Å². The maximum absolute atomic E-state index is 11.1. The number of ether oxygens (including phenoxy) is 1. The van der Waals surface area contributed by atoms with E-state index in [2.05, 4.69) is 13.5 Å². The number of carbonyl (C=O) groups excluding carboxylic acids is 1. The Hall–Kier alpha value is -0.830. The van der Waals surface area contributed by atoms with Crippen molar-refractivity contribution in [1.82, 2.24) is 0 Å². The summed E-state index contributed by atoms with van der Waals surface area (Å²) in [6.45, 7) is 7.28. The third-order valence-corrected chi connectivity index (χ3v) is 3.15. The minimum atomic E-state index is -0.978. The summed E-state index contributed by atoms with van der Waals surface area (Å²) in [7, 11) is 0. The summed E-state index contributed by atoms with van der Waals surface area (Å²) in [5.74, 6) is -0.511. The molecule has 0 spiro atoms. The second-order valence-electron chi connectivity index (χ2n) is 5.26. The molecule has 0 aliphatic rings. The van der Waals surface area contributed by atoms with Crippen LogP contribution in [-0.2, 0) is 9.53 Å². The quantitative estimate of drug-likeness (QED) is 0.248. The average Bonchev–Trinajstić information content (AvgIpc) is 2.36. The number of hydrogen-bond acceptors (Lipinski definition) is 3. The molecule has 0 heterocycles. The van der Waals surface area contributed by atoms with Crippen molar-refractivity contribution in [1.29, 1.82) is 0 Å². The van der Waals surface area contributed by atoms with Gasteiger partial charge in [-0.3, -0.25) is 0 Å². The smallest absolute Gasteiger partial charge is 0.335 e. The van der Waals surface area contributed by atoms with Crippen LogP contribution in [0.15, 0.2) is 12.2 Å². The molecule has 0 saturated heterocycles. The first-order valence-corrected chi connectivity index (χ1v) is 7.62. The summed E-state index contributed by atoms with van der Waals surface area (Å²) in [5.41, 5.74) is 0.325. The van der Waals surface area contributed by atoms with Crippen molar-refractivity contribution in [3.05, 3.63) is 12.2 Å². The van der Waals surface area contributed by atoms with Crippen LogP contribution >= 0.6 is 0 Å². The first kappa shape index (κ1) is 18.2. The average molecular weight is 270 g/mol. The molecule has 0 rings (SSSR count). The van der Waals surface area contributed by atoms with E-state index in [0.29, 0.717) is 12.0 Å². The van der Waals surface area contributed by atoms with Crippen LogP contribution in [0.2, 0.25) is 0 Å². The van der Waals surface area contributed by atoms with E-state index >= 15 is 0 Å². The second kappa shape index (κ2) is 12.2. The van der Waals surface area contributed by atoms with E-state index in [9.17, 15) is 9.90 Å². The number of rotatable bonds is 12. The molecule has 19 heavy (non-hydrogen) atoms. The number of aliphatic hydroxyl groups excluding tert-OH is 1. The Labute approximate surface area is 118 Å². The molecule has 3 nitrogen and oxygen atoms in total. The fourth-order valence-electron chi connectivity index (χ4n) is 1.91. The van der Waals surface area contributed by atoms with Gasteiger partial charge in [0.2, 0.25) is 6.29 Å². The maximum Gasteiger partial charge on any atom is 0.335 e. The van der Waals surface area contributed by atoms with Gasteiger partial charge < -0.3 is 9.84 Å². The zero-order chi connectivity index (χ0) is 14.5. The molecule has 1 N–H and O–H groups in total. The number of aliphatic hydroxyl groups is 1. The van der Waals surface area contributed by atoms with Crippen molar-refractivity contribution in [3.63, 3.8) is 0 Å². The van der Waals surface area contributed by atoms with Crippen LogP contribution in [0, 0.1) is 0 Å². The highest BCUT2D eigenvalue weighted by Crippen LogP contribution is 2.12. The van der Waals surface area contributed by atoms with Crippen LogP contribution in [0.4, 0.5) is 0 Å². The predicted octanol–water partition coefficient (Wildman–Crippen LogP) is 4.35. The molecule has 0 amide bonds. The third-order valence-electron chi connectivity index (χ3n) is 3.15. The molecule has 112 valence electrons. The van der Waals surface area contributed by atoms with Gasteiger partial charge in [-0.2, -0.15) is 0 Å². The minimum Gasteiger partial charge on any atom is -0.433 e. The van der Waals surface area contributed by atoms with E-state index < -0.39 is 12.3 Å². The third kappa shape index (κ3) is 12.0. The monoisotopic (exact) mass is 270 g/mol. The Morgan fingerprint density at radius 1 is 1.05 bits per heavy atom. The van der Waals surface area contributed by atoms with Gasteiger partial charge in [-0.05, 0) is 13.3 Å². The van der Waals surface area contributed by atoms with Crippen LogP contribution in [0.3, 0.4) is 0 Å². The highest BCUT2D eigenvalue weighted by Gasteiger charge is 2.10. The fraction of sp³-hybridized carbons (Fsp3) is 0.812. The Kier molecular flexibility index (Phi) is 11.7. The van der Waals surface area contributed by atoms with Gasteiger partial charge in [0.25, 0.3) is 0 Å². The van der Waals surface area contributed by atoms with Crippen molar-refractivity contribution in [2.24, 2.45) is 0 Å². The first-order chi connectivity index (χ1) is 9.07. The van der Waals surface area contributed by atoms with Gasteiger partial charge in [0.1, 0.15) is 0 Å². The van der Waals surface area contributed by atoms with Crippen LogP contribution in [-0.4, -0.2) is 17.4 Å². The molecule has 0 radical (unpaired) electrons. The molecule has 0 aromatic carbocycles. The zero-order valence-electron chi connectivity index (χ0n) is 12.6. The summed E-state index contributed by atoms with van der Waals surface area (Å²) in [5, 5.41) is 9.48. The maximum atomic E-state index is 11.1. The van der Waals surface area contributed by atoms with E-state index in [1.54, 1.807) is 6.92 Å². The first-order valence-electron chi connectivity index (χ1n) is 7.62. The summed E-state index contributed by atoms with van der Waals surface area (Å²) in [6.07, 6.45) is 10.7. The Balaban J connectivity index is 3.29. The number of esters is 1. The van der Waals surface area contributed by atoms with E-state index in [0.717, 1.165) is 12.8 Å². The van der Waals surface area contributed by atoms with Gasteiger partial charge in [0.05, 0.1) is 0 Å². The molecule has 0 aromatic rings. The van der Waals surface area contributed by atoms with Crippen LogP contribution in [0.1, 0.15) is 78.1 Å². The van der Waals surface area contributed by atoms with Gasteiger partial charge in [0, 0.05) is 12.0 Å². The molecule has 0 aliphatic carbocycles. The molecule has 0 fully saturated rings. The molecular formula is C16H30O3. The van der Waals surface area contributed by atoms with Crippen molar-refractivity contribution in [3.8, 4) is 0 Å². The van der Waals surface area contributed by atoms with Gasteiger partial charge >= 0.3 is 5.97 Å². The highest BCUT2D eigenvalue weighted by atomic mass is 16.6. The van der Waals surface area contributed by atoms with Crippen LogP contribution < -0.4 is 0 Å².